The van der Waals surface area contributed by atoms with Gasteiger partial charge in [0.15, 0.2) is 6.29 Å². The molecule has 17 heavy (non-hydrogen) atoms. The van der Waals surface area contributed by atoms with Crippen molar-refractivity contribution in [3.05, 3.63) is 11.6 Å². The first-order valence-electron chi connectivity index (χ1n) is 5.49. The summed E-state index contributed by atoms with van der Waals surface area (Å²) in [6.45, 7) is 8.64. The van der Waals surface area contributed by atoms with E-state index in [-0.39, 0.29) is 18.3 Å². The number of aliphatic carboxylic acids is 1. The van der Waals surface area contributed by atoms with E-state index in [0.717, 1.165) is 12.5 Å². The van der Waals surface area contributed by atoms with Crippen molar-refractivity contribution in [3.63, 3.8) is 0 Å². The van der Waals surface area contributed by atoms with Crippen molar-refractivity contribution in [1.29, 1.82) is 0 Å². The quantitative estimate of drug-likeness (QED) is 0.720. The van der Waals surface area contributed by atoms with Gasteiger partial charge in [0.05, 0.1) is 19.8 Å². The Morgan fingerprint density at radius 3 is 2.12 bits per heavy atom. The van der Waals surface area contributed by atoms with Gasteiger partial charge in [0.25, 0.3) is 5.97 Å². The van der Waals surface area contributed by atoms with Crippen molar-refractivity contribution in [2.24, 2.45) is 5.41 Å². The molecule has 0 saturated carbocycles. The number of carboxylic acid groups (broad SMARTS) is 1. The first-order valence-corrected chi connectivity index (χ1v) is 5.49. The Labute approximate surface area is 102 Å². The minimum atomic E-state index is -0.833. The molecule has 2 N–H and O–H groups in total. The van der Waals surface area contributed by atoms with Crippen LogP contribution in [0.15, 0.2) is 11.6 Å². The van der Waals surface area contributed by atoms with E-state index >= 15 is 0 Å². The zero-order valence-electron chi connectivity index (χ0n) is 10.9. The Hall–Kier alpha value is -0.910. The molecule has 1 aliphatic heterocycles. The van der Waals surface area contributed by atoms with Gasteiger partial charge in [0.1, 0.15) is 0 Å². The summed E-state index contributed by atoms with van der Waals surface area (Å²) < 4.78 is 11.0. The van der Waals surface area contributed by atoms with Gasteiger partial charge < -0.3 is 19.7 Å². The number of carboxylic acids is 1. The minimum Gasteiger partial charge on any atom is -0.481 e. The second-order valence-electron chi connectivity index (χ2n) is 4.77. The molecule has 1 heterocycles. The zero-order chi connectivity index (χ0) is 13.5. The van der Waals surface area contributed by atoms with E-state index in [9.17, 15) is 0 Å². The van der Waals surface area contributed by atoms with Crippen LogP contribution in [-0.4, -0.2) is 42.3 Å². The minimum absolute atomic E-state index is 0.0401. The van der Waals surface area contributed by atoms with Crippen molar-refractivity contribution in [2.75, 3.05) is 19.8 Å². The van der Waals surface area contributed by atoms with Crippen molar-refractivity contribution >= 4 is 5.97 Å². The van der Waals surface area contributed by atoms with Crippen LogP contribution in [0, 0.1) is 5.41 Å². The van der Waals surface area contributed by atoms with Gasteiger partial charge >= 0.3 is 0 Å². The molecule has 1 saturated heterocycles. The van der Waals surface area contributed by atoms with Crippen LogP contribution in [0.4, 0.5) is 0 Å². The molecule has 5 heteroatoms. The van der Waals surface area contributed by atoms with Crippen LogP contribution in [0.5, 0.6) is 0 Å². The molecule has 0 unspecified atom stereocenters. The third kappa shape index (κ3) is 7.90. The van der Waals surface area contributed by atoms with Crippen LogP contribution in [0.1, 0.15) is 27.7 Å². The maximum Gasteiger partial charge on any atom is 0.300 e. The summed E-state index contributed by atoms with van der Waals surface area (Å²) in [4.78, 5) is 9.00. The summed E-state index contributed by atoms with van der Waals surface area (Å²) >= 11 is 0. The lowest BCUT2D eigenvalue weighted by Crippen LogP contribution is -2.38. The lowest BCUT2D eigenvalue weighted by molar-refractivity contribution is -0.203. The lowest BCUT2D eigenvalue weighted by Gasteiger charge is -2.34. The summed E-state index contributed by atoms with van der Waals surface area (Å²) in [6, 6.07) is 0. The first-order chi connectivity index (χ1) is 7.78. The Morgan fingerprint density at radius 1 is 1.35 bits per heavy atom. The second-order valence-corrected chi connectivity index (χ2v) is 4.77. The van der Waals surface area contributed by atoms with Crippen molar-refractivity contribution < 1.29 is 24.5 Å². The van der Waals surface area contributed by atoms with Crippen LogP contribution in [0.25, 0.3) is 0 Å². The first kappa shape index (κ1) is 16.1. The van der Waals surface area contributed by atoms with Gasteiger partial charge in [-0.25, -0.2) is 0 Å². The summed E-state index contributed by atoms with van der Waals surface area (Å²) in [7, 11) is 0. The van der Waals surface area contributed by atoms with E-state index in [4.69, 9.17) is 24.5 Å². The van der Waals surface area contributed by atoms with E-state index in [1.54, 1.807) is 6.08 Å². The molecule has 5 nitrogen and oxygen atoms in total. The molecule has 0 aromatic rings. The normalized spacial score (nSPS) is 20.4. The number of carbonyl (C=O) groups is 1. The SMILES string of the molecule is CC(=CCO)C1OCC(C)(C)CO1.CC(=O)O. The molecular weight excluding hydrogens is 224 g/mol. The average Bonchev–Trinajstić information content (AvgIpc) is 2.16. The summed E-state index contributed by atoms with van der Waals surface area (Å²) in [5, 5.41) is 16.1. The highest BCUT2D eigenvalue weighted by Crippen LogP contribution is 2.25. The molecule has 1 fully saturated rings. The van der Waals surface area contributed by atoms with Crippen molar-refractivity contribution in [2.45, 2.75) is 34.0 Å². The molecule has 0 spiro atoms. The Kier molecular flexibility index (Phi) is 7.03. The fraction of sp³-hybridized carbons (Fsp3) is 0.750. The predicted octanol–water partition coefficient (Wildman–Crippen LogP) is 1.42. The molecule has 0 aliphatic carbocycles. The summed E-state index contributed by atoms with van der Waals surface area (Å²) in [6.07, 6.45) is 1.45. The third-order valence-electron chi connectivity index (χ3n) is 2.04. The smallest absolute Gasteiger partial charge is 0.300 e. The molecule has 0 aromatic carbocycles. The van der Waals surface area contributed by atoms with Crippen LogP contribution >= 0.6 is 0 Å². The van der Waals surface area contributed by atoms with Crippen molar-refractivity contribution in [1.82, 2.24) is 0 Å². The highest BCUT2D eigenvalue weighted by molar-refractivity contribution is 5.62. The van der Waals surface area contributed by atoms with Gasteiger partial charge in [-0.3, -0.25) is 4.79 Å². The number of hydrogen-bond acceptors (Lipinski definition) is 4. The highest BCUT2D eigenvalue weighted by Gasteiger charge is 2.28. The van der Waals surface area contributed by atoms with Gasteiger partial charge in [-0.15, -0.1) is 0 Å². The Morgan fingerprint density at radius 2 is 1.76 bits per heavy atom. The fourth-order valence-electron chi connectivity index (χ4n) is 1.20. The molecule has 0 radical (unpaired) electrons. The molecular formula is C12H22O5. The van der Waals surface area contributed by atoms with Gasteiger partial charge in [-0.1, -0.05) is 19.9 Å². The predicted molar refractivity (Wildman–Crippen MR) is 63.6 cm³/mol. The van der Waals surface area contributed by atoms with Gasteiger partial charge in [0, 0.05) is 12.3 Å². The molecule has 100 valence electrons. The van der Waals surface area contributed by atoms with E-state index in [1.807, 2.05) is 6.92 Å². The van der Waals surface area contributed by atoms with Crippen LogP contribution in [0.2, 0.25) is 0 Å². The summed E-state index contributed by atoms with van der Waals surface area (Å²) in [5.41, 5.74) is 1.05. The molecule has 1 aliphatic rings. The monoisotopic (exact) mass is 246 g/mol. The van der Waals surface area contributed by atoms with E-state index < -0.39 is 5.97 Å². The summed E-state index contributed by atoms with van der Waals surface area (Å²) in [5.74, 6) is -0.833. The number of ether oxygens (including phenoxy) is 2. The van der Waals surface area contributed by atoms with Gasteiger partial charge in [0.2, 0.25) is 0 Å². The average molecular weight is 246 g/mol. The highest BCUT2D eigenvalue weighted by atomic mass is 16.7. The van der Waals surface area contributed by atoms with E-state index in [2.05, 4.69) is 13.8 Å². The molecule has 0 aromatic heterocycles. The molecule has 0 atom stereocenters. The number of rotatable bonds is 2. The second kappa shape index (κ2) is 7.42. The van der Waals surface area contributed by atoms with Crippen molar-refractivity contribution in [3.8, 4) is 0 Å². The maximum absolute atomic E-state index is 9.00. The Balaban J connectivity index is 0.000000557. The zero-order valence-corrected chi connectivity index (χ0v) is 10.9. The molecule has 0 amide bonds. The third-order valence-corrected chi connectivity index (χ3v) is 2.04. The number of aliphatic hydroxyl groups is 1. The van der Waals surface area contributed by atoms with Crippen LogP contribution in [0.3, 0.4) is 0 Å². The largest absolute Gasteiger partial charge is 0.481 e. The lowest BCUT2D eigenvalue weighted by atomic mass is 9.95. The van der Waals surface area contributed by atoms with E-state index in [1.165, 1.54) is 0 Å². The van der Waals surface area contributed by atoms with Gasteiger partial charge in [-0.2, -0.15) is 0 Å². The molecule has 1 rings (SSSR count). The van der Waals surface area contributed by atoms with Crippen LogP contribution < -0.4 is 0 Å². The maximum atomic E-state index is 9.00. The Bertz CT molecular complexity index is 256. The standard InChI is InChI=1S/C10H18O3.C2H4O2/c1-8(4-5-11)9-12-6-10(2,3)7-13-9;1-2(3)4/h4,9,11H,5-7H2,1-3H3;1H3,(H,3,4). The fourth-order valence-corrected chi connectivity index (χ4v) is 1.20. The van der Waals surface area contributed by atoms with E-state index in [0.29, 0.717) is 13.2 Å². The number of hydrogen-bond donors (Lipinski definition) is 2. The van der Waals surface area contributed by atoms with Gasteiger partial charge in [-0.05, 0) is 12.5 Å². The topological polar surface area (TPSA) is 76.0 Å². The molecule has 0 bridgehead atoms. The number of aliphatic hydroxyl groups excluding tert-OH is 1. The van der Waals surface area contributed by atoms with Crippen LogP contribution in [-0.2, 0) is 14.3 Å².